The average molecular weight is 338 g/mol. The molecule has 132 valence electrons. The molecule has 1 saturated heterocycles. The highest BCUT2D eigenvalue weighted by atomic mass is 16.2. The molecule has 0 spiro atoms. The highest BCUT2D eigenvalue weighted by molar-refractivity contribution is 5.74. The molecule has 1 aliphatic carbocycles. The normalized spacial score (nSPS) is 21.0. The van der Waals surface area contributed by atoms with Crippen LogP contribution in [0.4, 0.5) is 4.79 Å². The Morgan fingerprint density at radius 3 is 2.80 bits per heavy atom. The summed E-state index contributed by atoms with van der Waals surface area (Å²) in [4.78, 5) is 22.1. The number of hydrogen-bond donors (Lipinski definition) is 2. The van der Waals surface area contributed by atoms with Crippen molar-refractivity contribution >= 4 is 6.03 Å². The number of imidazole rings is 1. The van der Waals surface area contributed by atoms with Crippen LogP contribution in [0.3, 0.4) is 0 Å². The first-order valence-electron chi connectivity index (χ1n) is 9.38. The number of fused-ring (bicyclic) bond motifs is 1. The number of carbonyl (C=O) groups is 1. The van der Waals surface area contributed by atoms with E-state index in [4.69, 9.17) is 0 Å². The molecule has 4 rings (SSSR count). The lowest BCUT2D eigenvalue weighted by molar-refractivity contribution is 0.166. The van der Waals surface area contributed by atoms with Crippen LogP contribution in [-0.4, -0.2) is 40.0 Å². The molecule has 5 heteroatoms. The molecule has 0 saturated carbocycles. The van der Waals surface area contributed by atoms with Gasteiger partial charge < -0.3 is 15.2 Å². The fraction of sp³-hybridized carbons (Fsp3) is 0.500. The number of urea groups is 1. The number of amides is 2. The Labute approximate surface area is 148 Å². The summed E-state index contributed by atoms with van der Waals surface area (Å²) < 4.78 is 0. The minimum absolute atomic E-state index is 0.103. The molecule has 2 aromatic rings. The SMILES string of the molecule is O=C(NC1CCc2nc[nH]c2C1)N1CCC(Cc2ccccc2)CC1. The van der Waals surface area contributed by atoms with Gasteiger partial charge in [0.05, 0.1) is 12.0 Å². The monoisotopic (exact) mass is 338 g/mol. The van der Waals surface area contributed by atoms with Crippen LogP contribution in [0.5, 0.6) is 0 Å². The molecule has 0 radical (unpaired) electrons. The van der Waals surface area contributed by atoms with Crippen molar-refractivity contribution in [1.29, 1.82) is 0 Å². The first-order chi connectivity index (χ1) is 12.3. The highest BCUT2D eigenvalue weighted by Gasteiger charge is 2.26. The number of piperidine rings is 1. The summed E-state index contributed by atoms with van der Waals surface area (Å²) in [6.45, 7) is 1.73. The van der Waals surface area contributed by atoms with Crippen LogP contribution in [-0.2, 0) is 19.3 Å². The summed E-state index contributed by atoms with van der Waals surface area (Å²) in [7, 11) is 0. The van der Waals surface area contributed by atoms with Crippen molar-refractivity contribution in [2.75, 3.05) is 13.1 Å². The van der Waals surface area contributed by atoms with Crippen LogP contribution < -0.4 is 5.32 Å². The summed E-state index contributed by atoms with van der Waals surface area (Å²) in [5.41, 5.74) is 3.74. The van der Waals surface area contributed by atoms with Gasteiger partial charge in [-0.25, -0.2) is 9.78 Å². The van der Waals surface area contributed by atoms with Crippen molar-refractivity contribution in [3.05, 3.63) is 53.6 Å². The number of aromatic nitrogens is 2. The van der Waals surface area contributed by atoms with E-state index < -0.39 is 0 Å². The predicted molar refractivity (Wildman–Crippen MR) is 97.4 cm³/mol. The van der Waals surface area contributed by atoms with Gasteiger partial charge in [-0.3, -0.25) is 0 Å². The average Bonchev–Trinajstić information content (AvgIpc) is 3.11. The smallest absolute Gasteiger partial charge is 0.317 e. The second-order valence-corrected chi connectivity index (χ2v) is 7.34. The molecule has 1 unspecified atom stereocenters. The predicted octanol–water partition coefficient (Wildman–Crippen LogP) is 2.93. The molecule has 1 fully saturated rings. The van der Waals surface area contributed by atoms with Crippen molar-refractivity contribution in [2.45, 2.75) is 44.6 Å². The molecule has 1 aromatic carbocycles. The van der Waals surface area contributed by atoms with E-state index in [2.05, 4.69) is 45.6 Å². The highest BCUT2D eigenvalue weighted by Crippen LogP contribution is 2.22. The molecule has 5 nitrogen and oxygen atoms in total. The van der Waals surface area contributed by atoms with E-state index in [-0.39, 0.29) is 12.1 Å². The molecule has 2 aliphatic rings. The van der Waals surface area contributed by atoms with Crippen molar-refractivity contribution in [3.8, 4) is 0 Å². The largest absolute Gasteiger partial charge is 0.348 e. The van der Waals surface area contributed by atoms with E-state index in [1.165, 1.54) is 11.3 Å². The van der Waals surface area contributed by atoms with Gasteiger partial charge in [-0.1, -0.05) is 30.3 Å². The number of aromatic amines is 1. The molecular weight excluding hydrogens is 312 g/mol. The Morgan fingerprint density at radius 1 is 1.20 bits per heavy atom. The summed E-state index contributed by atoms with van der Waals surface area (Å²) in [6.07, 6.45) is 7.87. The van der Waals surface area contributed by atoms with Crippen LogP contribution in [0.15, 0.2) is 36.7 Å². The van der Waals surface area contributed by atoms with E-state index in [0.29, 0.717) is 5.92 Å². The van der Waals surface area contributed by atoms with Gasteiger partial charge in [0.2, 0.25) is 0 Å². The lowest BCUT2D eigenvalue weighted by Crippen LogP contribution is -2.49. The molecule has 2 N–H and O–H groups in total. The first kappa shape index (κ1) is 16.2. The van der Waals surface area contributed by atoms with Gasteiger partial charge in [-0.2, -0.15) is 0 Å². The number of aryl methyl sites for hydroxylation is 1. The zero-order chi connectivity index (χ0) is 17.1. The quantitative estimate of drug-likeness (QED) is 0.904. The van der Waals surface area contributed by atoms with Crippen LogP contribution in [0, 0.1) is 5.92 Å². The number of H-pyrrole nitrogens is 1. The van der Waals surface area contributed by atoms with Crippen LogP contribution in [0.1, 0.15) is 36.2 Å². The van der Waals surface area contributed by atoms with E-state index in [1.807, 2.05) is 4.90 Å². The maximum atomic E-state index is 12.6. The molecule has 2 amide bonds. The Bertz CT molecular complexity index is 703. The maximum absolute atomic E-state index is 12.6. The van der Waals surface area contributed by atoms with E-state index in [0.717, 1.165) is 57.3 Å². The van der Waals surface area contributed by atoms with E-state index in [9.17, 15) is 4.79 Å². The molecule has 25 heavy (non-hydrogen) atoms. The fourth-order valence-corrected chi connectivity index (χ4v) is 4.08. The maximum Gasteiger partial charge on any atom is 0.317 e. The zero-order valence-electron chi connectivity index (χ0n) is 14.6. The molecular formula is C20H26N4O. The van der Waals surface area contributed by atoms with Gasteiger partial charge >= 0.3 is 6.03 Å². The van der Waals surface area contributed by atoms with E-state index in [1.54, 1.807) is 6.33 Å². The number of nitrogens with zero attached hydrogens (tertiary/aromatic N) is 2. The molecule has 1 aromatic heterocycles. The van der Waals surface area contributed by atoms with Crippen LogP contribution >= 0.6 is 0 Å². The lowest BCUT2D eigenvalue weighted by Gasteiger charge is -2.34. The summed E-state index contributed by atoms with van der Waals surface area (Å²) in [5, 5.41) is 3.22. The second-order valence-electron chi connectivity index (χ2n) is 7.34. The summed E-state index contributed by atoms with van der Waals surface area (Å²) in [6, 6.07) is 11.0. The first-order valence-corrected chi connectivity index (χ1v) is 9.38. The molecule has 1 aliphatic heterocycles. The van der Waals surface area contributed by atoms with Gasteiger partial charge in [0.15, 0.2) is 0 Å². The van der Waals surface area contributed by atoms with Crippen LogP contribution in [0.2, 0.25) is 0 Å². The van der Waals surface area contributed by atoms with Crippen molar-refractivity contribution < 1.29 is 4.79 Å². The Morgan fingerprint density at radius 2 is 2.00 bits per heavy atom. The lowest BCUT2D eigenvalue weighted by atomic mass is 9.90. The summed E-state index contributed by atoms with van der Waals surface area (Å²) in [5.74, 6) is 0.689. The Balaban J connectivity index is 1.24. The van der Waals surface area contributed by atoms with Crippen molar-refractivity contribution in [3.63, 3.8) is 0 Å². The molecule has 2 heterocycles. The third-order valence-corrected chi connectivity index (χ3v) is 5.58. The zero-order valence-corrected chi connectivity index (χ0v) is 14.6. The summed E-state index contributed by atoms with van der Waals surface area (Å²) >= 11 is 0. The number of benzene rings is 1. The molecule has 1 atom stereocenters. The number of likely N-dealkylation sites (tertiary alicyclic amines) is 1. The van der Waals surface area contributed by atoms with Gasteiger partial charge in [0.25, 0.3) is 0 Å². The Hall–Kier alpha value is -2.30. The number of hydrogen-bond acceptors (Lipinski definition) is 2. The second kappa shape index (κ2) is 7.30. The number of nitrogens with one attached hydrogen (secondary N) is 2. The number of carbonyl (C=O) groups excluding carboxylic acids is 1. The van der Waals surface area contributed by atoms with Gasteiger partial charge in [-0.15, -0.1) is 0 Å². The van der Waals surface area contributed by atoms with Gasteiger partial charge in [-0.05, 0) is 43.6 Å². The standard InChI is InChI=1S/C20H26N4O/c25-20(23-17-6-7-18-19(13-17)22-14-21-18)24-10-8-16(9-11-24)12-15-4-2-1-3-5-15/h1-5,14,16-17H,6-13H2,(H,21,22)(H,23,25). The Kier molecular flexibility index (Phi) is 4.72. The van der Waals surface area contributed by atoms with Gasteiger partial charge in [0.1, 0.15) is 0 Å². The minimum atomic E-state index is 0.103. The third-order valence-electron chi connectivity index (χ3n) is 5.58. The molecule has 0 bridgehead atoms. The van der Waals surface area contributed by atoms with Crippen molar-refractivity contribution in [1.82, 2.24) is 20.2 Å². The number of rotatable bonds is 3. The van der Waals surface area contributed by atoms with Gasteiger partial charge in [0, 0.05) is 31.2 Å². The minimum Gasteiger partial charge on any atom is -0.348 e. The third kappa shape index (κ3) is 3.86. The fourth-order valence-electron chi connectivity index (χ4n) is 4.08. The van der Waals surface area contributed by atoms with Crippen molar-refractivity contribution in [2.24, 2.45) is 5.92 Å². The van der Waals surface area contributed by atoms with Crippen LogP contribution in [0.25, 0.3) is 0 Å². The van der Waals surface area contributed by atoms with E-state index >= 15 is 0 Å². The topological polar surface area (TPSA) is 61.0 Å².